The van der Waals surface area contributed by atoms with Crippen LogP contribution in [-0.2, 0) is 10.2 Å². The largest absolute Gasteiger partial charge is 0.387 e. The van der Waals surface area contributed by atoms with E-state index >= 15 is 0 Å². The Bertz CT molecular complexity index is 519. The summed E-state index contributed by atoms with van der Waals surface area (Å²) in [5, 5.41) is 16.5. The maximum atomic E-state index is 12.0. The highest BCUT2D eigenvalue weighted by Gasteiger charge is 2.16. The molecular formula is C20H33ClN2O2. The number of aliphatic hydroxyl groups excluding tert-OH is 1. The Balaban J connectivity index is 0.00000312. The smallest absolute Gasteiger partial charge is 0.220 e. The van der Waals surface area contributed by atoms with Gasteiger partial charge in [-0.15, -0.1) is 12.4 Å². The lowest BCUT2D eigenvalue weighted by Crippen LogP contribution is -2.31. The molecule has 1 atom stereocenters. The summed E-state index contributed by atoms with van der Waals surface area (Å²) in [5.41, 5.74) is 2.19. The van der Waals surface area contributed by atoms with Crippen LogP contribution in [-0.4, -0.2) is 30.6 Å². The third kappa shape index (κ3) is 7.35. The van der Waals surface area contributed by atoms with Crippen molar-refractivity contribution in [3.05, 3.63) is 35.4 Å². The number of benzene rings is 1. The van der Waals surface area contributed by atoms with Crippen LogP contribution in [0.4, 0.5) is 0 Å². The SMILES string of the molecule is CC(C)(C)c1ccc(C(O)CNC(=O)CCC2CCNCC2)cc1.Cl. The van der Waals surface area contributed by atoms with Crippen molar-refractivity contribution >= 4 is 18.3 Å². The molecule has 0 aromatic heterocycles. The summed E-state index contributed by atoms with van der Waals surface area (Å²) in [5.74, 6) is 0.700. The molecular weight excluding hydrogens is 336 g/mol. The number of piperidine rings is 1. The van der Waals surface area contributed by atoms with Crippen molar-refractivity contribution in [1.82, 2.24) is 10.6 Å². The van der Waals surface area contributed by atoms with E-state index in [9.17, 15) is 9.90 Å². The molecule has 1 aliphatic heterocycles. The maximum absolute atomic E-state index is 12.0. The first kappa shape index (κ1) is 21.9. The highest BCUT2D eigenvalue weighted by atomic mass is 35.5. The van der Waals surface area contributed by atoms with E-state index in [-0.39, 0.29) is 30.3 Å². The van der Waals surface area contributed by atoms with Crippen molar-refractivity contribution in [1.29, 1.82) is 0 Å². The number of hydrogen-bond acceptors (Lipinski definition) is 3. The molecule has 1 saturated heterocycles. The van der Waals surface area contributed by atoms with Crippen LogP contribution in [0.3, 0.4) is 0 Å². The molecule has 1 aliphatic rings. The van der Waals surface area contributed by atoms with Gasteiger partial charge in [-0.2, -0.15) is 0 Å². The van der Waals surface area contributed by atoms with Gasteiger partial charge in [-0.3, -0.25) is 4.79 Å². The van der Waals surface area contributed by atoms with Crippen LogP contribution < -0.4 is 10.6 Å². The number of carbonyl (C=O) groups is 1. The van der Waals surface area contributed by atoms with Crippen LogP contribution in [0.5, 0.6) is 0 Å². The number of halogens is 1. The first-order valence-corrected chi connectivity index (χ1v) is 9.12. The highest BCUT2D eigenvalue weighted by molar-refractivity contribution is 5.85. The highest BCUT2D eigenvalue weighted by Crippen LogP contribution is 2.24. The van der Waals surface area contributed by atoms with E-state index in [0.29, 0.717) is 12.3 Å². The Labute approximate surface area is 158 Å². The van der Waals surface area contributed by atoms with E-state index < -0.39 is 6.10 Å². The van der Waals surface area contributed by atoms with Crippen molar-refractivity contribution in [2.75, 3.05) is 19.6 Å². The summed E-state index contributed by atoms with van der Waals surface area (Å²) in [4.78, 5) is 12.0. The van der Waals surface area contributed by atoms with Gasteiger partial charge in [0.15, 0.2) is 0 Å². The second kappa shape index (κ2) is 10.1. The van der Waals surface area contributed by atoms with E-state index in [1.165, 1.54) is 5.56 Å². The fraction of sp³-hybridized carbons (Fsp3) is 0.650. The molecule has 1 aromatic carbocycles. The van der Waals surface area contributed by atoms with Crippen LogP contribution in [0.15, 0.2) is 24.3 Å². The van der Waals surface area contributed by atoms with E-state index in [4.69, 9.17) is 0 Å². The second-order valence-electron chi connectivity index (χ2n) is 7.92. The molecule has 1 fully saturated rings. The second-order valence-corrected chi connectivity index (χ2v) is 7.92. The molecule has 0 bridgehead atoms. The molecule has 1 amide bonds. The fourth-order valence-corrected chi connectivity index (χ4v) is 3.13. The summed E-state index contributed by atoms with van der Waals surface area (Å²) < 4.78 is 0. The average Bonchev–Trinajstić information content (AvgIpc) is 2.58. The van der Waals surface area contributed by atoms with Crippen molar-refractivity contribution in [2.45, 2.75) is 58.0 Å². The molecule has 1 unspecified atom stereocenters. The van der Waals surface area contributed by atoms with Crippen molar-refractivity contribution in [3.63, 3.8) is 0 Å². The molecule has 0 aliphatic carbocycles. The topological polar surface area (TPSA) is 61.4 Å². The van der Waals surface area contributed by atoms with Crippen LogP contribution in [0.25, 0.3) is 0 Å². The van der Waals surface area contributed by atoms with Gasteiger partial charge < -0.3 is 15.7 Å². The Kier molecular flexibility index (Phi) is 8.91. The first-order valence-electron chi connectivity index (χ1n) is 9.12. The maximum Gasteiger partial charge on any atom is 0.220 e. The molecule has 3 N–H and O–H groups in total. The predicted octanol–water partition coefficient (Wildman–Crippen LogP) is 3.34. The van der Waals surface area contributed by atoms with Crippen LogP contribution in [0.2, 0.25) is 0 Å². The fourth-order valence-electron chi connectivity index (χ4n) is 3.13. The lowest BCUT2D eigenvalue weighted by Gasteiger charge is -2.22. The van der Waals surface area contributed by atoms with Crippen molar-refractivity contribution in [3.8, 4) is 0 Å². The van der Waals surface area contributed by atoms with E-state index in [2.05, 4.69) is 43.5 Å². The minimum atomic E-state index is -0.651. The molecule has 25 heavy (non-hydrogen) atoms. The quantitative estimate of drug-likeness (QED) is 0.721. The zero-order valence-corrected chi connectivity index (χ0v) is 16.5. The molecule has 1 aromatic rings. The Morgan fingerprint density at radius 3 is 2.40 bits per heavy atom. The van der Waals surface area contributed by atoms with Crippen LogP contribution >= 0.6 is 12.4 Å². The number of nitrogens with one attached hydrogen (secondary N) is 2. The van der Waals surface area contributed by atoms with Gasteiger partial charge >= 0.3 is 0 Å². The van der Waals surface area contributed by atoms with Crippen molar-refractivity contribution in [2.24, 2.45) is 5.92 Å². The van der Waals surface area contributed by atoms with Gasteiger partial charge in [-0.1, -0.05) is 45.0 Å². The van der Waals surface area contributed by atoms with E-state index in [0.717, 1.165) is 37.9 Å². The molecule has 142 valence electrons. The third-order valence-corrected chi connectivity index (χ3v) is 4.89. The number of rotatable bonds is 6. The summed E-state index contributed by atoms with van der Waals surface area (Å²) in [6.07, 6.45) is 3.18. The van der Waals surface area contributed by atoms with E-state index in [1.54, 1.807) is 0 Å². The van der Waals surface area contributed by atoms with Crippen LogP contribution in [0, 0.1) is 5.92 Å². The molecule has 0 radical (unpaired) electrons. The molecule has 1 heterocycles. The summed E-state index contributed by atoms with van der Waals surface area (Å²) in [6.45, 7) is 8.91. The molecule has 5 heteroatoms. The predicted molar refractivity (Wildman–Crippen MR) is 105 cm³/mol. The zero-order valence-electron chi connectivity index (χ0n) is 15.7. The van der Waals surface area contributed by atoms with Gasteiger partial charge in [-0.25, -0.2) is 0 Å². The van der Waals surface area contributed by atoms with E-state index in [1.807, 2.05) is 12.1 Å². The van der Waals surface area contributed by atoms with Gasteiger partial charge in [0, 0.05) is 13.0 Å². The lowest BCUT2D eigenvalue weighted by atomic mass is 9.86. The average molecular weight is 369 g/mol. The van der Waals surface area contributed by atoms with Crippen molar-refractivity contribution < 1.29 is 9.90 Å². The number of hydrogen-bond donors (Lipinski definition) is 3. The molecule has 0 saturated carbocycles. The minimum absolute atomic E-state index is 0. The van der Waals surface area contributed by atoms with Crippen LogP contribution in [0.1, 0.15) is 63.7 Å². The minimum Gasteiger partial charge on any atom is -0.387 e. The Morgan fingerprint density at radius 1 is 1.24 bits per heavy atom. The summed E-state index contributed by atoms with van der Waals surface area (Å²) >= 11 is 0. The standard InChI is InChI=1S/C20H32N2O2.ClH/c1-20(2,3)17-7-5-16(6-8-17)18(23)14-22-19(24)9-4-15-10-12-21-13-11-15;/h5-8,15,18,21,23H,4,9-14H2,1-3H3,(H,22,24);1H. The summed E-state index contributed by atoms with van der Waals surface area (Å²) in [7, 11) is 0. The first-order chi connectivity index (χ1) is 11.4. The van der Waals surface area contributed by atoms with Gasteiger partial charge in [-0.05, 0) is 54.8 Å². The Hall–Kier alpha value is -1.10. The number of amides is 1. The van der Waals surface area contributed by atoms with Gasteiger partial charge in [0.1, 0.15) is 0 Å². The van der Waals surface area contributed by atoms with Gasteiger partial charge in [0.25, 0.3) is 0 Å². The number of carbonyl (C=O) groups excluding carboxylic acids is 1. The molecule has 2 rings (SSSR count). The molecule has 0 spiro atoms. The monoisotopic (exact) mass is 368 g/mol. The van der Waals surface area contributed by atoms with Gasteiger partial charge in [0.2, 0.25) is 5.91 Å². The lowest BCUT2D eigenvalue weighted by molar-refractivity contribution is -0.121. The molecule has 4 nitrogen and oxygen atoms in total. The summed E-state index contributed by atoms with van der Waals surface area (Å²) in [6, 6.07) is 8.01. The zero-order chi connectivity index (χ0) is 17.6. The normalized spacial score (nSPS) is 16.8. The Morgan fingerprint density at radius 2 is 1.84 bits per heavy atom. The van der Waals surface area contributed by atoms with Gasteiger partial charge in [0.05, 0.1) is 6.10 Å². The number of aliphatic hydroxyl groups is 1. The third-order valence-electron chi connectivity index (χ3n) is 4.89.